The standard InChI is InChI=1S/C17H18O/c1-18-17-13-11-16(12-14-17)10-6-5-9-15-7-3-2-4-8-15/h2-4,6-8,10-14H,5,9H2,1H3/b10-6+. The number of methoxy groups -OCH3 is 1. The number of ether oxygens (including phenoxy) is 1. The van der Waals surface area contributed by atoms with E-state index in [1.807, 2.05) is 12.1 Å². The third kappa shape index (κ3) is 3.77. The zero-order valence-electron chi connectivity index (χ0n) is 10.7. The Morgan fingerprint density at radius 2 is 1.67 bits per heavy atom. The second kappa shape index (κ2) is 6.65. The van der Waals surface area contributed by atoms with Crippen LogP contribution in [0.1, 0.15) is 17.5 Å². The number of hydrogen-bond acceptors (Lipinski definition) is 1. The van der Waals surface area contributed by atoms with Crippen LogP contribution in [0.5, 0.6) is 5.75 Å². The smallest absolute Gasteiger partial charge is 0.118 e. The quantitative estimate of drug-likeness (QED) is 0.753. The van der Waals surface area contributed by atoms with Crippen molar-refractivity contribution in [2.45, 2.75) is 12.8 Å². The van der Waals surface area contributed by atoms with Gasteiger partial charge in [0.1, 0.15) is 5.75 Å². The zero-order valence-corrected chi connectivity index (χ0v) is 10.7. The first-order valence-corrected chi connectivity index (χ1v) is 6.23. The highest BCUT2D eigenvalue weighted by Crippen LogP contribution is 2.13. The van der Waals surface area contributed by atoms with Gasteiger partial charge in [-0.05, 0) is 36.1 Å². The first-order valence-electron chi connectivity index (χ1n) is 6.23. The van der Waals surface area contributed by atoms with Gasteiger partial charge in [-0.25, -0.2) is 0 Å². The molecule has 0 bridgehead atoms. The van der Waals surface area contributed by atoms with Crippen molar-refractivity contribution in [1.29, 1.82) is 0 Å². The highest BCUT2D eigenvalue weighted by atomic mass is 16.5. The molecule has 0 fully saturated rings. The van der Waals surface area contributed by atoms with E-state index in [2.05, 4.69) is 54.6 Å². The van der Waals surface area contributed by atoms with Crippen LogP contribution in [0.4, 0.5) is 0 Å². The minimum atomic E-state index is 0.899. The third-order valence-corrected chi connectivity index (χ3v) is 2.87. The maximum atomic E-state index is 5.13. The summed E-state index contributed by atoms with van der Waals surface area (Å²) in [6.07, 6.45) is 6.53. The Bertz CT molecular complexity index is 483. The molecular weight excluding hydrogens is 220 g/mol. The summed E-state index contributed by atoms with van der Waals surface area (Å²) >= 11 is 0. The molecule has 0 atom stereocenters. The third-order valence-electron chi connectivity index (χ3n) is 2.87. The monoisotopic (exact) mass is 238 g/mol. The van der Waals surface area contributed by atoms with Crippen molar-refractivity contribution in [3.05, 3.63) is 71.8 Å². The zero-order chi connectivity index (χ0) is 12.6. The van der Waals surface area contributed by atoms with Crippen LogP contribution in [0.15, 0.2) is 60.7 Å². The maximum absolute atomic E-state index is 5.13. The van der Waals surface area contributed by atoms with Crippen molar-refractivity contribution in [3.8, 4) is 5.75 Å². The van der Waals surface area contributed by atoms with Gasteiger partial charge >= 0.3 is 0 Å². The van der Waals surface area contributed by atoms with Crippen molar-refractivity contribution >= 4 is 6.08 Å². The highest BCUT2D eigenvalue weighted by molar-refractivity contribution is 5.50. The lowest BCUT2D eigenvalue weighted by atomic mass is 10.1. The van der Waals surface area contributed by atoms with Gasteiger partial charge in [0.25, 0.3) is 0 Å². The van der Waals surface area contributed by atoms with Crippen LogP contribution < -0.4 is 4.74 Å². The summed E-state index contributed by atoms with van der Waals surface area (Å²) < 4.78 is 5.13. The number of allylic oxidation sites excluding steroid dienone is 1. The second-order valence-corrected chi connectivity index (χ2v) is 4.20. The average molecular weight is 238 g/mol. The molecular formula is C17H18O. The Labute approximate surface area is 109 Å². The second-order valence-electron chi connectivity index (χ2n) is 4.20. The van der Waals surface area contributed by atoms with Gasteiger partial charge in [-0.2, -0.15) is 0 Å². The number of rotatable bonds is 5. The van der Waals surface area contributed by atoms with Crippen LogP contribution in [0.2, 0.25) is 0 Å². The average Bonchev–Trinajstić information content (AvgIpc) is 2.45. The molecule has 0 unspecified atom stereocenters. The molecule has 0 aliphatic heterocycles. The molecule has 2 aromatic rings. The molecule has 0 saturated heterocycles. The molecule has 18 heavy (non-hydrogen) atoms. The Morgan fingerprint density at radius 3 is 2.33 bits per heavy atom. The summed E-state index contributed by atoms with van der Waals surface area (Å²) in [4.78, 5) is 0. The van der Waals surface area contributed by atoms with Gasteiger partial charge in [0.15, 0.2) is 0 Å². The molecule has 0 spiro atoms. The summed E-state index contributed by atoms with van der Waals surface area (Å²) in [5, 5.41) is 0. The van der Waals surface area contributed by atoms with Crippen molar-refractivity contribution < 1.29 is 4.74 Å². The van der Waals surface area contributed by atoms with E-state index in [0.29, 0.717) is 0 Å². The largest absolute Gasteiger partial charge is 0.497 e. The molecule has 2 rings (SSSR count). The van der Waals surface area contributed by atoms with Gasteiger partial charge < -0.3 is 4.74 Å². The number of hydrogen-bond donors (Lipinski definition) is 0. The van der Waals surface area contributed by atoms with E-state index in [1.54, 1.807) is 7.11 Å². The predicted octanol–water partition coefficient (Wildman–Crippen LogP) is 4.34. The molecule has 2 aromatic carbocycles. The van der Waals surface area contributed by atoms with Crippen molar-refractivity contribution in [2.24, 2.45) is 0 Å². The van der Waals surface area contributed by atoms with Crippen LogP contribution in [0.3, 0.4) is 0 Å². The highest BCUT2D eigenvalue weighted by Gasteiger charge is 1.91. The number of benzene rings is 2. The van der Waals surface area contributed by atoms with Crippen molar-refractivity contribution in [3.63, 3.8) is 0 Å². The lowest BCUT2D eigenvalue weighted by Crippen LogP contribution is -1.82. The lowest BCUT2D eigenvalue weighted by Gasteiger charge is -1.99. The molecule has 0 saturated carbocycles. The Balaban J connectivity index is 1.84. The topological polar surface area (TPSA) is 9.23 Å². The molecule has 0 aliphatic rings. The fourth-order valence-corrected chi connectivity index (χ4v) is 1.83. The van der Waals surface area contributed by atoms with Gasteiger partial charge in [-0.3, -0.25) is 0 Å². The van der Waals surface area contributed by atoms with Gasteiger partial charge in [0.05, 0.1) is 7.11 Å². The Morgan fingerprint density at radius 1 is 0.944 bits per heavy atom. The van der Waals surface area contributed by atoms with Crippen LogP contribution in [0.25, 0.3) is 6.08 Å². The lowest BCUT2D eigenvalue weighted by molar-refractivity contribution is 0.415. The molecule has 0 amide bonds. The summed E-state index contributed by atoms with van der Waals surface area (Å²) in [7, 11) is 1.69. The van der Waals surface area contributed by atoms with Gasteiger partial charge in [-0.15, -0.1) is 0 Å². The van der Waals surface area contributed by atoms with Crippen LogP contribution in [0, 0.1) is 0 Å². The fourth-order valence-electron chi connectivity index (χ4n) is 1.83. The Hall–Kier alpha value is -2.02. The minimum Gasteiger partial charge on any atom is -0.497 e. The van der Waals surface area contributed by atoms with Gasteiger partial charge in [-0.1, -0.05) is 54.6 Å². The molecule has 0 radical (unpaired) electrons. The summed E-state index contributed by atoms with van der Waals surface area (Å²) in [6, 6.07) is 18.7. The maximum Gasteiger partial charge on any atom is 0.118 e. The van der Waals surface area contributed by atoms with E-state index in [9.17, 15) is 0 Å². The first-order chi connectivity index (χ1) is 8.88. The van der Waals surface area contributed by atoms with E-state index in [0.717, 1.165) is 18.6 Å². The first kappa shape index (κ1) is 12.4. The molecule has 0 aromatic heterocycles. The van der Waals surface area contributed by atoms with Gasteiger partial charge in [0, 0.05) is 0 Å². The molecule has 92 valence electrons. The van der Waals surface area contributed by atoms with Crippen LogP contribution in [-0.4, -0.2) is 7.11 Å². The number of aryl methyl sites for hydroxylation is 1. The van der Waals surface area contributed by atoms with Crippen LogP contribution in [-0.2, 0) is 6.42 Å². The molecule has 0 heterocycles. The van der Waals surface area contributed by atoms with E-state index in [1.165, 1.54) is 11.1 Å². The van der Waals surface area contributed by atoms with E-state index < -0.39 is 0 Å². The SMILES string of the molecule is COc1ccc(/C=C/CCc2ccccc2)cc1. The van der Waals surface area contributed by atoms with E-state index in [4.69, 9.17) is 4.74 Å². The fraction of sp³-hybridized carbons (Fsp3) is 0.176. The van der Waals surface area contributed by atoms with Gasteiger partial charge in [0.2, 0.25) is 0 Å². The summed E-state index contributed by atoms with van der Waals surface area (Å²) in [5.74, 6) is 0.899. The molecule has 1 nitrogen and oxygen atoms in total. The van der Waals surface area contributed by atoms with Crippen LogP contribution >= 0.6 is 0 Å². The summed E-state index contributed by atoms with van der Waals surface area (Å²) in [5.41, 5.74) is 2.60. The molecule has 1 heteroatoms. The normalized spacial score (nSPS) is 10.7. The van der Waals surface area contributed by atoms with E-state index >= 15 is 0 Å². The molecule has 0 N–H and O–H groups in total. The van der Waals surface area contributed by atoms with E-state index in [-0.39, 0.29) is 0 Å². The minimum absolute atomic E-state index is 0.899. The van der Waals surface area contributed by atoms with Crippen molar-refractivity contribution in [2.75, 3.05) is 7.11 Å². The summed E-state index contributed by atoms with van der Waals surface area (Å²) in [6.45, 7) is 0. The van der Waals surface area contributed by atoms with Crippen molar-refractivity contribution in [1.82, 2.24) is 0 Å². The molecule has 0 aliphatic carbocycles. The predicted molar refractivity (Wildman–Crippen MR) is 76.8 cm³/mol. The Kier molecular flexibility index (Phi) is 4.60.